The zero-order valence-corrected chi connectivity index (χ0v) is 15.2. The molecule has 1 aliphatic rings. The summed E-state index contributed by atoms with van der Waals surface area (Å²) in [5.74, 6) is -0.270. The summed E-state index contributed by atoms with van der Waals surface area (Å²) >= 11 is 0. The Morgan fingerprint density at radius 2 is 1.52 bits per heavy atom. The monoisotopic (exact) mass is 406 g/mol. The molecule has 0 saturated carbocycles. The summed E-state index contributed by atoms with van der Waals surface area (Å²) in [5, 5.41) is 68.1. The molecule has 9 nitrogen and oxygen atoms in total. The molecule has 156 valence electrons. The van der Waals surface area contributed by atoms with Crippen molar-refractivity contribution in [1.82, 2.24) is 0 Å². The van der Waals surface area contributed by atoms with E-state index in [1.54, 1.807) is 12.2 Å². The van der Waals surface area contributed by atoms with E-state index in [2.05, 4.69) is 0 Å². The fourth-order valence-corrected chi connectivity index (χ4v) is 2.95. The average molecular weight is 406 g/mol. The van der Waals surface area contributed by atoms with Gasteiger partial charge in [0.1, 0.15) is 47.4 Å². The van der Waals surface area contributed by atoms with Crippen molar-refractivity contribution in [2.45, 2.75) is 30.7 Å². The van der Waals surface area contributed by atoms with Gasteiger partial charge in [-0.1, -0.05) is 12.2 Å². The molecule has 1 aliphatic heterocycles. The highest BCUT2D eigenvalue weighted by Gasteiger charge is 2.44. The number of phenolic OH excluding ortho intramolecular Hbond substituents is 3. The number of aliphatic hydroxyl groups is 4. The van der Waals surface area contributed by atoms with Crippen LogP contribution >= 0.6 is 0 Å². The Kier molecular flexibility index (Phi) is 6.26. The van der Waals surface area contributed by atoms with Gasteiger partial charge in [0.05, 0.1) is 6.61 Å². The lowest BCUT2D eigenvalue weighted by molar-refractivity contribution is -0.277. The lowest BCUT2D eigenvalue weighted by atomic mass is 9.99. The van der Waals surface area contributed by atoms with Gasteiger partial charge in [-0.05, 0) is 29.8 Å². The summed E-state index contributed by atoms with van der Waals surface area (Å²) in [6.45, 7) is -0.599. The van der Waals surface area contributed by atoms with Crippen LogP contribution in [0.15, 0.2) is 36.4 Å². The summed E-state index contributed by atoms with van der Waals surface area (Å²) in [6, 6.07) is 8.23. The van der Waals surface area contributed by atoms with E-state index in [1.807, 2.05) is 0 Å². The average Bonchev–Trinajstić information content (AvgIpc) is 2.67. The number of benzene rings is 2. The van der Waals surface area contributed by atoms with E-state index in [4.69, 9.17) is 9.47 Å². The second kappa shape index (κ2) is 8.68. The molecule has 0 amide bonds. The van der Waals surface area contributed by atoms with Crippen LogP contribution in [0.3, 0.4) is 0 Å². The van der Waals surface area contributed by atoms with Gasteiger partial charge in [0, 0.05) is 17.7 Å². The largest absolute Gasteiger partial charge is 0.508 e. The van der Waals surface area contributed by atoms with Crippen LogP contribution in [0.4, 0.5) is 0 Å². The molecule has 0 aliphatic carbocycles. The van der Waals surface area contributed by atoms with Gasteiger partial charge < -0.3 is 45.2 Å². The molecule has 0 radical (unpaired) electrons. The second-order valence-corrected chi connectivity index (χ2v) is 6.65. The first-order valence-electron chi connectivity index (χ1n) is 8.80. The number of hydrogen-bond acceptors (Lipinski definition) is 9. The molecule has 1 saturated heterocycles. The van der Waals surface area contributed by atoms with Gasteiger partial charge in [0.15, 0.2) is 0 Å². The Morgan fingerprint density at radius 3 is 2.17 bits per heavy atom. The van der Waals surface area contributed by atoms with Gasteiger partial charge >= 0.3 is 0 Å². The van der Waals surface area contributed by atoms with E-state index in [0.717, 1.165) is 0 Å². The van der Waals surface area contributed by atoms with Crippen LogP contribution in [0, 0.1) is 0 Å². The Bertz CT molecular complexity index is 860. The van der Waals surface area contributed by atoms with E-state index in [9.17, 15) is 35.7 Å². The van der Waals surface area contributed by atoms with Crippen molar-refractivity contribution in [2.24, 2.45) is 0 Å². The Hall–Kier alpha value is -2.82. The lowest BCUT2D eigenvalue weighted by Crippen LogP contribution is -2.60. The molecule has 2 aromatic rings. The van der Waals surface area contributed by atoms with Gasteiger partial charge in [0.25, 0.3) is 0 Å². The van der Waals surface area contributed by atoms with Crippen molar-refractivity contribution in [3.05, 3.63) is 47.5 Å². The zero-order valence-electron chi connectivity index (χ0n) is 15.2. The van der Waals surface area contributed by atoms with Gasteiger partial charge in [-0.25, -0.2) is 0 Å². The second-order valence-electron chi connectivity index (χ2n) is 6.65. The topological polar surface area (TPSA) is 160 Å². The highest BCUT2D eigenvalue weighted by Crippen LogP contribution is 2.31. The smallest absolute Gasteiger partial charge is 0.229 e. The van der Waals surface area contributed by atoms with E-state index >= 15 is 0 Å². The molecule has 7 N–H and O–H groups in total. The quantitative estimate of drug-likeness (QED) is 0.343. The third-order valence-corrected chi connectivity index (χ3v) is 4.47. The molecule has 2 aromatic carbocycles. The van der Waals surface area contributed by atoms with E-state index in [-0.39, 0.29) is 23.0 Å². The van der Waals surface area contributed by atoms with E-state index in [1.165, 1.54) is 36.4 Å². The van der Waals surface area contributed by atoms with Crippen LogP contribution < -0.4 is 4.74 Å². The van der Waals surface area contributed by atoms with Crippen molar-refractivity contribution in [3.8, 4) is 23.0 Å². The molecule has 0 aromatic heterocycles. The maximum absolute atomic E-state index is 10.1. The highest BCUT2D eigenvalue weighted by atomic mass is 16.7. The first-order valence-corrected chi connectivity index (χ1v) is 8.80. The molecule has 29 heavy (non-hydrogen) atoms. The summed E-state index contributed by atoms with van der Waals surface area (Å²) in [5.41, 5.74) is 0.942. The minimum Gasteiger partial charge on any atom is -0.508 e. The fraction of sp³-hybridized carbons (Fsp3) is 0.300. The first kappa shape index (κ1) is 20.9. The standard InChI is InChI=1S/C20H22O9/c21-9-16-17(25)18(26)19(27)20(29-16)28-15-8-12(22)4-3-11(15)2-1-10-5-13(23)7-14(24)6-10/h1-8,16-27H,9H2/b2-1+/t16-,17+,18+,19-,20-/m1/s1. The minimum absolute atomic E-state index is 0.0926. The molecule has 1 fully saturated rings. The van der Waals surface area contributed by atoms with Crippen LogP contribution in [0.25, 0.3) is 12.2 Å². The SMILES string of the molecule is OC[C@H]1O[C@@H](Oc2cc(O)ccc2/C=C/c2cc(O)cc(O)c2)[C@H](O)[C@@H](O)[C@H]1O. The van der Waals surface area contributed by atoms with Gasteiger partial charge in [-0.15, -0.1) is 0 Å². The molecule has 0 spiro atoms. The third-order valence-electron chi connectivity index (χ3n) is 4.47. The number of phenols is 3. The van der Waals surface area contributed by atoms with Crippen LogP contribution in [-0.4, -0.2) is 73.1 Å². The number of rotatable bonds is 5. The summed E-state index contributed by atoms with van der Waals surface area (Å²) in [4.78, 5) is 0. The zero-order chi connectivity index (χ0) is 21.1. The highest BCUT2D eigenvalue weighted by molar-refractivity contribution is 5.74. The van der Waals surface area contributed by atoms with Crippen molar-refractivity contribution >= 4 is 12.2 Å². The molecule has 5 atom stereocenters. The van der Waals surface area contributed by atoms with Gasteiger partial charge in [0.2, 0.25) is 6.29 Å². The van der Waals surface area contributed by atoms with Crippen LogP contribution in [-0.2, 0) is 4.74 Å². The Balaban J connectivity index is 1.86. The van der Waals surface area contributed by atoms with E-state index in [0.29, 0.717) is 11.1 Å². The van der Waals surface area contributed by atoms with Gasteiger partial charge in [-0.2, -0.15) is 0 Å². The van der Waals surface area contributed by atoms with Crippen molar-refractivity contribution in [3.63, 3.8) is 0 Å². The maximum atomic E-state index is 10.1. The van der Waals surface area contributed by atoms with Crippen LogP contribution in [0.1, 0.15) is 11.1 Å². The number of ether oxygens (including phenoxy) is 2. The predicted molar refractivity (Wildman–Crippen MR) is 101 cm³/mol. The predicted octanol–water partition coefficient (Wildman–Crippen LogP) is 0.152. The summed E-state index contributed by atoms with van der Waals surface area (Å²) in [7, 11) is 0. The molecule has 0 bridgehead atoms. The summed E-state index contributed by atoms with van der Waals surface area (Å²) < 4.78 is 10.9. The fourth-order valence-electron chi connectivity index (χ4n) is 2.95. The molecule has 9 heteroatoms. The number of aromatic hydroxyl groups is 3. The molecular weight excluding hydrogens is 384 g/mol. The van der Waals surface area contributed by atoms with Crippen molar-refractivity contribution in [1.29, 1.82) is 0 Å². The molecule has 3 rings (SSSR count). The Morgan fingerprint density at radius 1 is 0.828 bits per heavy atom. The normalized spacial score (nSPS) is 27.2. The molecular formula is C20H22O9. The maximum Gasteiger partial charge on any atom is 0.229 e. The number of hydrogen-bond donors (Lipinski definition) is 7. The summed E-state index contributed by atoms with van der Waals surface area (Å²) in [6.07, 6.45) is -4.11. The molecule has 1 heterocycles. The third kappa shape index (κ3) is 4.78. The minimum atomic E-state index is -1.60. The van der Waals surface area contributed by atoms with Gasteiger partial charge in [-0.3, -0.25) is 0 Å². The van der Waals surface area contributed by atoms with Crippen LogP contribution in [0.5, 0.6) is 23.0 Å². The molecule has 0 unspecified atom stereocenters. The number of aliphatic hydroxyl groups excluding tert-OH is 4. The van der Waals surface area contributed by atoms with Crippen molar-refractivity contribution in [2.75, 3.05) is 6.61 Å². The van der Waals surface area contributed by atoms with E-state index < -0.39 is 37.3 Å². The lowest BCUT2D eigenvalue weighted by Gasteiger charge is -2.39. The Labute approximate surface area is 165 Å². The van der Waals surface area contributed by atoms with Crippen molar-refractivity contribution < 1.29 is 45.2 Å². The first-order chi connectivity index (χ1) is 13.8. The van der Waals surface area contributed by atoms with Crippen LogP contribution in [0.2, 0.25) is 0 Å².